The zero-order valence-corrected chi connectivity index (χ0v) is 9.06. The second-order valence-corrected chi connectivity index (χ2v) is 3.60. The Morgan fingerprint density at radius 1 is 0.941 bits per heavy atom. The molecule has 3 heterocycles. The Labute approximate surface area is 98.6 Å². The average Bonchev–Trinajstić information content (AvgIpc) is 2.94. The van der Waals surface area contributed by atoms with Crippen molar-refractivity contribution in [2.24, 2.45) is 0 Å². The normalized spacial score (nSPS) is 10.4. The van der Waals surface area contributed by atoms with E-state index in [-0.39, 0.29) is 0 Å². The van der Waals surface area contributed by atoms with Gasteiger partial charge >= 0.3 is 0 Å². The number of hydrogen-bond acceptors (Lipinski definition) is 3. The molecule has 0 saturated carbocycles. The number of aromatic nitrogens is 4. The number of rotatable bonds is 2. The predicted octanol–water partition coefficient (Wildman–Crippen LogP) is 2.33. The van der Waals surface area contributed by atoms with Crippen molar-refractivity contribution in [2.45, 2.75) is 0 Å². The van der Waals surface area contributed by atoms with Gasteiger partial charge in [0.1, 0.15) is 0 Å². The molecule has 0 aliphatic rings. The maximum absolute atomic E-state index is 4.29. The number of nitrogens with zero attached hydrogens (tertiary/aromatic N) is 4. The van der Waals surface area contributed by atoms with Crippen LogP contribution in [0.5, 0.6) is 0 Å². The molecular formula is C13H10N4. The van der Waals surface area contributed by atoms with Crippen LogP contribution in [0.2, 0.25) is 0 Å². The summed E-state index contributed by atoms with van der Waals surface area (Å²) in [5, 5.41) is 4.16. The molecule has 4 nitrogen and oxygen atoms in total. The van der Waals surface area contributed by atoms with E-state index in [1.807, 2.05) is 42.7 Å². The van der Waals surface area contributed by atoms with Gasteiger partial charge in [0, 0.05) is 36.5 Å². The molecule has 0 atom stereocenters. The van der Waals surface area contributed by atoms with Crippen LogP contribution >= 0.6 is 0 Å². The lowest BCUT2D eigenvalue weighted by molar-refractivity contribution is 0.847. The fraction of sp³-hybridized carbons (Fsp3) is 0. The van der Waals surface area contributed by atoms with Crippen molar-refractivity contribution in [3.63, 3.8) is 0 Å². The molecule has 0 spiro atoms. The summed E-state index contributed by atoms with van der Waals surface area (Å²) in [5.74, 6) is 0.802. The molecule has 0 bridgehead atoms. The van der Waals surface area contributed by atoms with Gasteiger partial charge in [-0.1, -0.05) is 6.07 Å². The van der Waals surface area contributed by atoms with Crippen LogP contribution in [0.25, 0.3) is 16.9 Å². The lowest BCUT2D eigenvalue weighted by atomic mass is 10.1. The Morgan fingerprint density at radius 3 is 2.71 bits per heavy atom. The molecule has 0 fully saturated rings. The second-order valence-electron chi connectivity index (χ2n) is 3.60. The van der Waals surface area contributed by atoms with E-state index in [4.69, 9.17) is 0 Å². The van der Waals surface area contributed by atoms with Crippen LogP contribution in [-0.2, 0) is 0 Å². The second kappa shape index (κ2) is 4.17. The highest BCUT2D eigenvalue weighted by Crippen LogP contribution is 2.18. The smallest absolute Gasteiger partial charge is 0.153 e. The fourth-order valence-corrected chi connectivity index (χ4v) is 1.66. The molecule has 0 radical (unpaired) electrons. The van der Waals surface area contributed by atoms with Gasteiger partial charge < -0.3 is 0 Å². The molecule has 0 aromatic carbocycles. The quantitative estimate of drug-likeness (QED) is 0.668. The topological polar surface area (TPSA) is 43.6 Å². The lowest BCUT2D eigenvalue weighted by Crippen LogP contribution is -1.97. The van der Waals surface area contributed by atoms with Crippen molar-refractivity contribution in [3.8, 4) is 16.9 Å². The van der Waals surface area contributed by atoms with Crippen molar-refractivity contribution in [3.05, 3.63) is 61.3 Å². The highest BCUT2D eigenvalue weighted by molar-refractivity contribution is 5.63. The average molecular weight is 222 g/mol. The summed E-state index contributed by atoms with van der Waals surface area (Å²) >= 11 is 0. The van der Waals surface area contributed by atoms with E-state index in [0.717, 1.165) is 16.9 Å². The van der Waals surface area contributed by atoms with Crippen molar-refractivity contribution >= 4 is 0 Å². The third-order valence-corrected chi connectivity index (χ3v) is 2.48. The van der Waals surface area contributed by atoms with Crippen LogP contribution < -0.4 is 0 Å². The highest BCUT2D eigenvalue weighted by atomic mass is 15.3. The Hall–Kier alpha value is -2.49. The zero-order valence-electron chi connectivity index (χ0n) is 9.06. The van der Waals surface area contributed by atoms with Gasteiger partial charge in [0.2, 0.25) is 0 Å². The third-order valence-electron chi connectivity index (χ3n) is 2.48. The van der Waals surface area contributed by atoms with E-state index in [9.17, 15) is 0 Å². The minimum absolute atomic E-state index is 0.802. The monoisotopic (exact) mass is 222 g/mol. The Morgan fingerprint density at radius 2 is 1.94 bits per heavy atom. The molecule has 3 aromatic heterocycles. The summed E-state index contributed by atoms with van der Waals surface area (Å²) in [4.78, 5) is 8.40. The van der Waals surface area contributed by atoms with Gasteiger partial charge in [-0.25, -0.2) is 9.67 Å². The van der Waals surface area contributed by atoms with E-state index in [2.05, 4.69) is 15.1 Å². The fourth-order valence-electron chi connectivity index (χ4n) is 1.66. The van der Waals surface area contributed by atoms with E-state index >= 15 is 0 Å². The maximum atomic E-state index is 4.29. The molecule has 0 aliphatic heterocycles. The van der Waals surface area contributed by atoms with Gasteiger partial charge in [-0.05, 0) is 29.8 Å². The largest absolute Gasteiger partial charge is 0.264 e. The van der Waals surface area contributed by atoms with E-state index in [0.29, 0.717) is 0 Å². The van der Waals surface area contributed by atoms with E-state index in [1.165, 1.54) is 0 Å². The summed E-state index contributed by atoms with van der Waals surface area (Å²) in [5.41, 5.74) is 2.15. The molecular weight excluding hydrogens is 212 g/mol. The summed E-state index contributed by atoms with van der Waals surface area (Å²) in [7, 11) is 0. The molecule has 0 aliphatic carbocycles. The standard InChI is InChI=1S/C13H10N4/c1-3-12(10-14-5-1)11-4-7-15-13(9-11)17-8-2-6-16-17/h1-10H. The van der Waals surface area contributed by atoms with Crippen molar-refractivity contribution < 1.29 is 0 Å². The predicted molar refractivity (Wildman–Crippen MR) is 64.6 cm³/mol. The molecule has 3 rings (SSSR count). The molecule has 0 unspecified atom stereocenters. The summed E-state index contributed by atoms with van der Waals surface area (Å²) in [6, 6.07) is 9.77. The molecule has 3 aromatic rings. The summed E-state index contributed by atoms with van der Waals surface area (Å²) in [6.45, 7) is 0. The van der Waals surface area contributed by atoms with Crippen LogP contribution in [-0.4, -0.2) is 19.7 Å². The first-order chi connectivity index (χ1) is 8.43. The Balaban J connectivity index is 2.06. The van der Waals surface area contributed by atoms with Gasteiger partial charge in [0.05, 0.1) is 0 Å². The Kier molecular flexibility index (Phi) is 2.38. The Bertz CT molecular complexity index is 602. The van der Waals surface area contributed by atoms with Crippen LogP contribution in [0.15, 0.2) is 61.3 Å². The molecule has 0 saturated heterocycles. The first-order valence-electron chi connectivity index (χ1n) is 5.30. The van der Waals surface area contributed by atoms with Gasteiger partial charge in [-0.2, -0.15) is 5.10 Å². The third kappa shape index (κ3) is 1.92. The molecule has 0 amide bonds. The first-order valence-corrected chi connectivity index (χ1v) is 5.30. The van der Waals surface area contributed by atoms with Crippen LogP contribution in [0.4, 0.5) is 0 Å². The van der Waals surface area contributed by atoms with E-state index < -0.39 is 0 Å². The van der Waals surface area contributed by atoms with Gasteiger partial charge in [-0.15, -0.1) is 0 Å². The SMILES string of the molecule is c1cncc(-c2ccnc(-n3cccn3)c2)c1. The molecule has 4 heteroatoms. The van der Waals surface area contributed by atoms with Crippen molar-refractivity contribution in [1.82, 2.24) is 19.7 Å². The molecule has 82 valence electrons. The number of pyridine rings is 2. The summed E-state index contributed by atoms with van der Waals surface area (Å²) < 4.78 is 1.74. The minimum Gasteiger partial charge on any atom is -0.264 e. The summed E-state index contributed by atoms with van der Waals surface area (Å²) in [6.07, 6.45) is 8.98. The van der Waals surface area contributed by atoms with E-state index in [1.54, 1.807) is 23.3 Å². The lowest BCUT2D eigenvalue weighted by Gasteiger charge is -2.04. The van der Waals surface area contributed by atoms with Gasteiger partial charge in [-0.3, -0.25) is 4.98 Å². The van der Waals surface area contributed by atoms with Gasteiger partial charge in [0.15, 0.2) is 5.82 Å². The van der Waals surface area contributed by atoms with Crippen LogP contribution in [0.3, 0.4) is 0 Å². The van der Waals surface area contributed by atoms with Crippen LogP contribution in [0.1, 0.15) is 0 Å². The van der Waals surface area contributed by atoms with Crippen molar-refractivity contribution in [2.75, 3.05) is 0 Å². The molecule has 17 heavy (non-hydrogen) atoms. The maximum Gasteiger partial charge on any atom is 0.153 e. The number of hydrogen-bond donors (Lipinski definition) is 0. The molecule has 0 N–H and O–H groups in total. The highest BCUT2D eigenvalue weighted by Gasteiger charge is 2.01. The minimum atomic E-state index is 0.802. The first kappa shape index (κ1) is 9.72. The van der Waals surface area contributed by atoms with Gasteiger partial charge in [0.25, 0.3) is 0 Å². The van der Waals surface area contributed by atoms with Crippen LogP contribution in [0, 0.1) is 0 Å². The zero-order chi connectivity index (χ0) is 11.5. The van der Waals surface area contributed by atoms with Crippen molar-refractivity contribution in [1.29, 1.82) is 0 Å².